The number of ether oxygens (including phenoxy) is 1. The Bertz CT molecular complexity index is 1040. The van der Waals surface area contributed by atoms with Crippen LogP contribution in [0.15, 0.2) is 59.1 Å². The number of carboxylic acid groups (broad SMARTS) is 1. The zero-order valence-corrected chi connectivity index (χ0v) is 18.0. The molecule has 0 amide bonds. The third kappa shape index (κ3) is 5.41. The summed E-state index contributed by atoms with van der Waals surface area (Å²) in [7, 11) is 0. The third-order valence-electron chi connectivity index (χ3n) is 4.14. The van der Waals surface area contributed by atoms with Crippen LogP contribution in [-0.4, -0.2) is 11.1 Å². The number of hydrogen-bond acceptors (Lipinski definition) is 3. The van der Waals surface area contributed by atoms with Gasteiger partial charge in [-0.3, -0.25) is 0 Å². The van der Waals surface area contributed by atoms with Crippen molar-refractivity contribution in [3.8, 4) is 5.75 Å². The molecule has 3 aromatic rings. The van der Waals surface area contributed by atoms with E-state index in [1.807, 2.05) is 12.1 Å². The van der Waals surface area contributed by atoms with Crippen LogP contribution in [0.4, 0.5) is 10.1 Å². The highest BCUT2D eigenvalue weighted by atomic mass is 79.9. The molecule has 0 spiro atoms. The molecule has 3 aromatic carbocycles. The Morgan fingerprint density at radius 3 is 2.59 bits per heavy atom. The van der Waals surface area contributed by atoms with Gasteiger partial charge in [0.15, 0.2) is 0 Å². The lowest BCUT2D eigenvalue weighted by molar-refractivity contribution is 0.0697. The first kappa shape index (κ1) is 21.4. The van der Waals surface area contributed by atoms with Crippen LogP contribution in [0.3, 0.4) is 0 Å². The van der Waals surface area contributed by atoms with E-state index in [1.165, 1.54) is 18.2 Å². The van der Waals surface area contributed by atoms with Gasteiger partial charge in [-0.15, -0.1) is 0 Å². The predicted octanol–water partition coefficient (Wildman–Crippen LogP) is 6.78. The van der Waals surface area contributed by atoms with Crippen molar-refractivity contribution in [2.24, 2.45) is 0 Å². The van der Waals surface area contributed by atoms with Crippen LogP contribution in [0, 0.1) is 5.82 Å². The van der Waals surface area contributed by atoms with Crippen molar-refractivity contribution in [1.82, 2.24) is 0 Å². The lowest BCUT2D eigenvalue weighted by Gasteiger charge is -2.15. The molecule has 0 heterocycles. The highest BCUT2D eigenvalue weighted by Crippen LogP contribution is 2.28. The minimum absolute atomic E-state index is 0.0146. The fourth-order valence-electron chi connectivity index (χ4n) is 2.64. The maximum Gasteiger partial charge on any atom is 0.337 e. The maximum absolute atomic E-state index is 14.0. The van der Waals surface area contributed by atoms with Gasteiger partial charge < -0.3 is 15.2 Å². The van der Waals surface area contributed by atoms with Crippen LogP contribution >= 0.6 is 39.1 Å². The summed E-state index contributed by atoms with van der Waals surface area (Å²) in [4.78, 5) is 11.1. The van der Waals surface area contributed by atoms with Crippen molar-refractivity contribution in [1.29, 1.82) is 0 Å². The number of carboxylic acids is 1. The Morgan fingerprint density at radius 2 is 1.90 bits per heavy atom. The molecule has 0 aliphatic carbocycles. The number of anilines is 1. The van der Waals surface area contributed by atoms with Gasteiger partial charge in [-0.2, -0.15) is 0 Å². The molecule has 0 unspecified atom stereocenters. The summed E-state index contributed by atoms with van der Waals surface area (Å²) in [5, 5.41) is 12.7. The van der Waals surface area contributed by atoms with Gasteiger partial charge in [-0.1, -0.05) is 45.2 Å². The van der Waals surface area contributed by atoms with Gasteiger partial charge in [0, 0.05) is 27.8 Å². The van der Waals surface area contributed by atoms with Crippen LogP contribution in [0.25, 0.3) is 0 Å². The molecule has 150 valence electrons. The van der Waals surface area contributed by atoms with Crippen molar-refractivity contribution < 1.29 is 19.0 Å². The predicted molar refractivity (Wildman–Crippen MR) is 116 cm³/mol. The van der Waals surface area contributed by atoms with Crippen molar-refractivity contribution in [2.75, 3.05) is 5.32 Å². The third-order valence-corrected chi connectivity index (χ3v) is 5.30. The number of aromatic carboxylic acids is 1. The SMILES string of the molecule is O=C(O)c1ccc(NCc2cc(Br)ccc2OCc2c(F)cccc2Cl)cc1Cl. The normalized spacial score (nSPS) is 10.6. The smallest absolute Gasteiger partial charge is 0.337 e. The second-order valence-corrected chi connectivity index (χ2v) is 7.82. The van der Waals surface area contributed by atoms with Gasteiger partial charge in [0.2, 0.25) is 0 Å². The summed E-state index contributed by atoms with van der Waals surface area (Å²) in [6.45, 7) is 0.363. The number of carbonyl (C=O) groups is 1. The standard InChI is InChI=1S/C21H15BrCl2FNO3/c22-13-4-7-20(29-11-16-17(23)2-1-3-19(16)25)12(8-13)10-26-14-5-6-15(21(27)28)18(24)9-14/h1-9,26H,10-11H2,(H,27,28). The van der Waals surface area contributed by atoms with Crippen LogP contribution < -0.4 is 10.1 Å². The molecule has 0 bridgehead atoms. The van der Waals surface area contributed by atoms with E-state index in [4.69, 9.17) is 33.0 Å². The molecular weight excluding hydrogens is 484 g/mol. The summed E-state index contributed by atoms with van der Waals surface area (Å²) < 4.78 is 20.6. The monoisotopic (exact) mass is 497 g/mol. The fourth-order valence-corrected chi connectivity index (χ4v) is 3.53. The summed E-state index contributed by atoms with van der Waals surface area (Å²) in [5.74, 6) is -0.952. The molecule has 0 atom stereocenters. The Kier molecular flexibility index (Phi) is 7.00. The molecule has 4 nitrogen and oxygen atoms in total. The minimum Gasteiger partial charge on any atom is -0.488 e. The number of rotatable bonds is 7. The minimum atomic E-state index is -1.09. The topological polar surface area (TPSA) is 58.6 Å². The molecule has 3 rings (SSSR count). The lowest BCUT2D eigenvalue weighted by atomic mass is 10.1. The molecule has 0 aliphatic rings. The van der Waals surface area contributed by atoms with Crippen molar-refractivity contribution in [2.45, 2.75) is 13.2 Å². The first-order valence-corrected chi connectivity index (χ1v) is 10.0. The van der Waals surface area contributed by atoms with Crippen molar-refractivity contribution in [3.63, 3.8) is 0 Å². The zero-order valence-electron chi connectivity index (χ0n) is 14.9. The number of hydrogen-bond donors (Lipinski definition) is 2. The van der Waals surface area contributed by atoms with Gasteiger partial charge in [-0.05, 0) is 48.5 Å². The molecule has 0 saturated heterocycles. The highest BCUT2D eigenvalue weighted by molar-refractivity contribution is 9.10. The quantitative estimate of drug-likeness (QED) is 0.376. The van der Waals surface area contributed by atoms with E-state index >= 15 is 0 Å². The first-order chi connectivity index (χ1) is 13.8. The van der Waals surface area contributed by atoms with Crippen molar-refractivity contribution in [3.05, 3.63) is 91.6 Å². The molecule has 2 N–H and O–H groups in total. The van der Waals surface area contributed by atoms with Crippen LogP contribution in [-0.2, 0) is 13.2 Å². The molecule has 29 heavy (non-hydrogen) atoms. The molecule has 0 aliphatic heterocycles. The van der Waals surface area contributed by atoms with Gasteiger partial charge in [0.05, 0.1) is 15.6 Å². The number of nitrogens with one attached hydrogen (secondary N) is 1. The van der Waals surface area contributed by atoms with Crippen molar-refractivity contribution >= 4 is 50.8 Å². The second-order valence-electron chi connectivity index (χ2n) is 6.09. The summed E-state index contributed by atoms with van der Waals surface area (Å²) in [5.41, 5.74) is 1.78. The molecule has 0 radical (unpaired) electrons. The maximum atomic E-state index is 14.0. The van der Waals surface area contributed by atoms with Crippen LogP contribution in [0.2, 0.25) is 10.0 Å². The first-order valence-electron chi connectivity index (χ1n) is 8.46. The fraction of sp³-hybridized carbons (Fsp3) is 0.0952. The molecule has 0 fully saturated rings. The molecular formula is C21H15BrCl2FNO3. The van der Waals surface area contributed by atoms with E-state index in [0.29, 0.717) is 23.0 Å². The van der Waals surface area contributed by atoms with E-state index in [0.717, 1.165) is 10.0 Å². The number of halogens is 4. The summed E-state index contributed by atoms with van der Waals surface area (Å²) in [6, 6.07) is 14.6. The van der Waals surface area contributed by atoms with Crippen LogP contribution in [0.5, 0.6) is 5.75 Å². The van der Waals surface area contributed by atoms with Gasteiger partial charge in [0.25, 0.3) is 0 Å². The Balaban J connectivity index is 1.75. The number of benzene rings is 3. The summed E-state index contributed by atoms with van der Waals surface area (Å²) >= 11 is 15.5. The van der Waals surface area contributed by atoms with E-state index in [1.54, 1.807) is 24.3 Å². The average molecular weight is 499 g/mol. The molecule has 0 saturated carbocycles. The molecule has 0 aromatic heterocycles. The van der Waals surface area contributed by atoms with E-state index < -0.39 is 11.8 Å². The lowest BCUT2D eigenvalue weighted by Crippen LogP contribution is -2.06. The van der Waals surface area contributed by atoms with E-state index in [-0.39, 0.29) is 22.8 Å². The largest absolute Gasteiger partial charge is 0.488 e. The Hall–Kier alpha value is -2.28. The van der Waals surface area contributed by atoms with E-state index in [9.17, 15) is 9.18 Å². The van der Waals surface area contributed by atoms with E-state index in [2.05, 4.69) is 21.2 Å². The Morgan fingerprint density at radius 1 is 1.10 bits per heavy atom. The summed E-state index contributed by atoms with van der Waals surface area (Å²) in [6.07, 6.45) is 0. The van der Waals surface area contributed by atoms with Gasteiger partial charge in [-0.25, -0.2) is 9.18 Å². The van der Waals surface area contributed by atoms with Gasteiger partial charge >= 0.3 is 5.97 Å². The zero-order chi connectivity index (χ0) is 21.0. The average Bonchev–Trinajstić information content (AvgIpc) is 2.67. The van der Waals surface area contributed by atoms with Crippen LogP contribution in [0.1, 0.15) is 21.5 Å². The second kappa shape index (κ2) is 9.48. The molecule has 8 heteroatoms. The van der Waals surface area contributed by atoms with Gasteiger partial charge in [0.1, 0.15) is 18.2 Å². The highest BCUT2D eigenvalue weighted by Gasteiger charge is 2.12. The Labute approximate surface area is 185 Å².